The van der Waals surface area contributed by atoms with Crippen LogP contribution in [0, 0.1) is 23.2 Å². The number of aryl methyl sites for hydroxylation is 1. The van der Waals surface area contributed by atoms with Gasteiger partial charge in [0.25, 0.3) is 0 Å². The summed E-state index contributed by atoms with van der Waals surface area (Å²) in [5, 5.41) is 0. The van der Waals surface area contributed by atoms with Crippen molar-refractivity contribution in [3.05, 3.63) is 35.4 Å². The Morgan fingerprint density at radius 1 is 1.15 bits per heavy atom. The second kappa shape index (κ2) is 4.44. The van der Waals surface area contributed by atoms with E-state index in [-0.39, 0.29) is 0 Å². The van der Waals surface area contributed by atoms with E-state index < -0.39 is 0 Å². The molecular weight excluding hydrogens is 244 g/mol. The van der Waals surface area contributed by atoms with Gasteiger partial charge < -0.3 is 4.79 Å². The smallest absolute Gasteiger partial charge is 0.123 e. The largest absolute Gasteiger partial charge is 0.303 e. The molecule has 0 aliphatic heterocycles. The van der Waals surface area contributed by atoms with Crippen molar-refractivity contribution in [2.24, 2.45) is 23.2 Å². The predicted octanol–water partition coefficient (Wildman–Crippen LogP) is 4.36. The molecule has 0 amide bonds. The lowest BCUT2D eigenvalue weighted by atomic mass is 9.54. The van der Waals surface area contributed by atoms with Crippen molar-refractivity contribution in [1.29, 1.82) is 0 Å². The minimum atomic E-state index is 0.301. The average Bonchev–Trinajstić information content (AvgIpc) is 2.83. The van der Waals surface area contributed by atoms with E-state index in [2.05, 4.69) is 31.2 Å². The van der Waals surface area contributed by atoms with Gasteiger partial charge in [0.2, 0.25) is 0 Å². The van der Waals surface area contributed by atoms with Crippen LogP contribution in [0.5, 0.6) is 0 Å². The van der Waals surface area contributed by atoms with Crippen LogP contribution in [0.2, 0.25) is 0 Å². The first-order valence-electron chi connectivity index (χ1n) is 8.27. The molecule has 0 saturated heterocycles. The molecule has 2 fully saturated rings. The molecule has 106 valence electrons. The van der Waals surface area contributed by atoms with Gasteiger partial charge in [0.1, 0.15) is 6.29 Å². The first-order valence-corrected chi connectivity index (χ1v) is 8.27. The number of hydrogen-bond acceptors (Lipinski definition) is 1. The molecule has 0 bridgehead atoms. The van der Waals surface area contributed by atoms with Gasteiger partial charge in [-0.05, 0) is 72.8 Å². The minimum Gasteiger partial charge on any atom is -0.303 e. The van der Waals surface area contributed by atoms with Gasteiger partial charge in [-0.3, -0.25) is 0 Å². The van der Waals surface area contributed by atoms with Crippen LogP contribution in [0.4, 0.5) is 0 Å². The highest BCUT2D eigenvalue weighted by atomic mass is 16.1. The van der Waals surface area contributed by atoms with Crippen molar-refractivity contribution < 1.29 is 4.79 Å². The second-order valence-electron chi connectivity index (χ2n) is 7.48. The summed E-state index contributed by atoms with van der Waals surface area (Å²) in [6.07, 6.45) is 8.80. The highest BCUT2D eigenvalue weighted by Crippen LogP contribution is 2.62. The number of carbonyl (C=O) groups is 1. The zero-order chi connectivity index (χ0) is 13.7. The van der Waals surface area contributed by atoms with Crippen molar-refractivity contribution in [2.75, 3.05) is 0 Å². The van der Waals surface area contributed by atoms with Crippen LogP contribution in [0.1, 0.15) is 56.1 Å². The Labute approximate surface area is 121 Å². The number of benzene rings is 1. The van der Waals surface area contributed by atoms with Crippen molar-refractivity contribution in [2.45, 2.75) is 51.4 Å². The molecule has 0 N–H and O–H groups in total. The zero-order valence-electron chi connectivity index (χ0n) is 12.3. The van der Waals surface area contributed by atoms with Crippen LogP contribution in [-0.4, -0.2) is 6.29 Å². The predicted molar refractivity (Wildman–Crippen MR) is 80.6 cm³/mol. The molecule has 20 heavy (non-hydrogen) atoms. The number of fused-ring (bicyclic) bond motifs is 5. The normalized spacial score (nSPS) is 42.5. The Bertz CT molecular complexity index is 534. The summed E-state index contributed by atoms with van der Waals surface area (Å²) in [4.78, 5) is 11.4. The highest BCUT2D eigenvalue weighted by molar-refractivity contribution is 5.56. The highest BCUT2D eigenvalue weighted by Gasteiger charge is 2.54. The molecule has 5 atom stereocenters. The van der Waals surface area contributed by atoms with Gasteiger partial charge in [0, 0.05) is 5.92 Å². The summed E-state index contributed by atoms with van der Waals surface area (Å²) in [6.45, 7) is 2.40. The summed E-state index contributed by atoms with van der Waals surface area (Å²) >= 11 is 0. The molecule has 3 aliphatic rings. The third-order valence-corrected chi connectivity index (χ3v) is 6.88. The van der Waals surface area contributed by atoms with E-state index in [9.17, 15) is 4.79 Å². The standard InChI is InChI=1S/C19H24O/c1-19-11-10-16-15-5-3-2-4-13(15)6-8-17(16)18(19)9-7-14(19)12-20/h2-5,12,14,16-18H,6-11H2,1H3. The van der Waals surface area contributed by atoms with Crippen molar-refractivity contribution in [3.8, 4) is 0 Å². The Morgan fingerprint density at radius 3 is 2.85 bits per heavy atom. The summed E-state index contributed by atoms with van der Waals surface area (Å²) in [5.74, 6) is 2.70. The number of rotatable bonds is 1. The third kappa shape index (κ3) is 1.58. The fourth-order valence-corrected chi connectivity index (χ4v) is 5.79. The van der Waals surface area contributed by atoms with Gasteiger partial charge in [-0.15, -0.1) is 0 Å². The van der Waals surface area contributed by atoms with Crippen LogP contribution in [0.15, 0.2) is 24.3 Å². The van der Waals surface area contributed by atoms with Crippen molar-refractivity contribution in [1.82, 2.24) is 0 Å². The van der Waals surface area contributed by atoms with E-state index in [4.69, 9.17) is 0 Å². The number of carbonyl (C=O) groups excluding carboxylic acids is 1. The van der Waals surface area contributed by atoms with Gasteiger partial charge in [-0.25, -0.2) is 0 Å². The quantitative estimate of drug-likeness (QED) is 0.692. The first-order chi connectivity index (χ1) is 9.74. The summed E-state index contributed by atoms with van der Waals surface area (Å²) in [6, 6.07) is 9.07. The summed E-state index contributed by atoms with van der Waals surface area (Å²) in [5.41, 5.74) is 3.51. The number of hydrogen-bond donors (Lipinski definition) is 0. The second-order valence-corrected chi connectivity index (χ2v) is 7.48. The Morgan fingerprint density at radius 2 is 2.00 bits per heavy atom. The van der Waals surface area contributed by atoms with Gasteiger partial charge >= 0.3 is 0 Å². The maximum Gasteiger partial charge on any atom is 0.123 e. The molecular formula is C19H24O. The van der Waals surface area contributed by atoms with Crippen molar-refractivity contribution >= 4 is 6.29 Å². The van der Waals surface area contributed by atoms with Crippen LogP contribution in [-0.2, 0) is 11.2 Å². The maximum atomic E-state index is 11.4. The molecule has 0 aromatic heterocycles. The molecule has 5 unspecified atom stereocenters. The van der Waals surface area contributed by atoms with E-state index in [0.29, 0.717) is 11.3 Å². The van der Waals surface area contributed by atoms with Gasteiger partial charge in [0.05, 0.1) is 0 Å². The molecule has 1 nitrogen and oxygen atoms in total. The van der Waals surface area contributed by atoms with Crippen LogP contribution >= 0.6 is 0 Å². The first kappa shape index (κ1) is 12.6. The summed E-state index contributed by atoms with van der Waals surface area (Å²) in [7, 11) is 0. The molecule has 0 heterocycles. The lowest BCUT2D eigenvalue weighted by Gasteiger charge is -2.50. The molecule has 0 spiro atoms. The maximum absolute atomic E-state index is 11.4. The lowest BCUT2D eigenvalue weighted by molar-refractivity contribution is -0.115. The third-order valence-electron chi connectivity index (χ3n) is 6.88. The molecule has 2 saturated carbocycles. The van der Waals surface area contributed by atoms with E-state index in [0.717, 1.165) is 24.2 Å². The minimum absolute atomic E-state index is 0.301. The fraction of sp³-hybridized carbons (Fsp3) is 0.632. The SMILES string of the molecule is CC12CCC3c4ccccc4CCC3C1CCC2C=O. The Kier molecular flexibility index (Phi) is 2.80. The zero-order valence-corrected chi connectivity index (χ0v) is 12.3. The Hall–Kier alpha value is -1.11. The molecule has 4 rings (SSSR count). The Balaban J connectivity index is 1.70. The van der Waals surface area contributed by atoms with E-state index in [1.807, 2.05) is 0 Å². The van der Waals surface area contributed by atoms with Gasteiger partial charge in [0.15, 0.2) is 0 Å². The molecule has 3 aliphatic carbocycles. The number of aldehydes is 1. The van der Waals surface area contributed by atoms with Gasteiger partial charge in [-0.1, -0.05) is 31.2 Å². The monoisotopic (exact) mass is 268 g/mol. The van der Waals surface area contributed by atoms with E-state index in [1.165, 1.54) is 38.4 Å². The molecule has 1 aromatic carbocycles. The molecule has 0 radical (unpaired) electrons. The lowest BCUT2D eigenvalue weighted by Crippen LogP contribution is -2.42. The van der Waals surface area contributed by atoms with E-state index >= 15 is 0 Å². The molecule has 1 heteroatoms. The van der Waals surface area contributed by atoms with Crippen LogP contribution in [0.25, 0.3) is 0 Å². The van der Waals surface area contributed by atoms with E-state index in [1.54, 1.807) is 11.1 Å². The fourth-order valence-electron chi connectivity index (χ4n) is 5.79. The topological polar surface area (TPSA) is 17.1 Å². The molecule has 1 aromatic rings. The van der Waals surface area contributed by atoms with Crippen LogP contribution < -0.4 is 0 Å². The van der Waals surface area contributed by atoms with Gasteiger partial charge in [-0.2, -0.15) is 0 Å². The average molecular weight is 268 g/mol. The summed E-state index contributed by atoms with van der Waals surface area (Å²) < 4.78 is 0. The van der Waals surface area contributed by atoms with Crippen molar-refractivity contribution in [3.63, 3.8) is 0 Å². The van der Waals surface area contributed by atoms with Crippen LogP contribution in [0.3, 0.4) is 0 Å².